The average Bonchev–Trinajstić information content (AvgIpc) is 2.45. The van der Waals surface area contributed by atoms with Crippen LogP contribution in [-0.2, 0) is 11.2 Å². The molecule has 0 radical (unpaired) electrons. The quantitative estimate of drug-likeness (QED) is 0.849. The maximum atomic E-state index is 11.0. The topological polar surface area (TPSA) is 37.3 Å². The second-order valence-electron chi connectivity index (χ2n) is 4.73. The molecular formula is C17H18O2. The highest BCUT2D eigenvalue weighted by molar-refractivity contribution is 5.68. The molecule has 0 saturated heterocycles. The Balaban J connectivity index is 2.04. The molecule has 2 aromatic carbocycles. The van der Waals surface area contributed by atoms with Gasteiger partial charge in [0, 0.05) is 0 Å². The van der Waals surface area contributed by atoms with Gasteiger partial charge in [0.15, 0.2) is 0 Å². The van der Waals surface area contributed by atoms with Crippen molar-refractivity contribution < 1.29 is 9.90 Å². The van der Waals surface area contributed by atoms with Crippen molar-refractivity contribution in [1.29, 1.82) is 0 Å². The second kappa shape index (κ2) is 6.74. The van der Waals surface area contributed by atoms with Crippen molar-refractivity contribution in [2.24, 2.45) is 0 Å². The van der Waals surface area contributed by atoms with Crippen LogP contribution in [0.3, 0.4) is 0 Å². The lowest BCUT2D eigenvalue weighted by Crippen LogP contribution is -2.07. The molecule has 0 fully saturated rings. The summed E-state index contributed by atoms with van der Waals surface area (Å²) in [6, 6.07) is 20.1. The van der Waals surface area contributed by atoms with Crippen LogP contribution in [0.5, 0.6) is 0 Å². The Morgan fingerprint density at radius 2 is 1.53 bits per heavy atom. The first-order valence-corrected chi connectivity index (χ1v) is 6.56. The number of carboxylic acid groups (broad SMARTS) is 1. The Bertz CT molecular complexity index is 505. The highest BCUT2D eigenvalue weighted by atomic mass is 16.4. The summed E-state index contributed by atoms with van der Waals surface area (Å²) in [5.74, 6) is -0.652. The zero-order valence-electron chi connectivity index (χ0n) is 10.8. The fourth-order valence-electron chi connectivity index (χ4n) is 2.31. The van der Waals surface area contributed by atoms with Crippen LogP contribution in [0.4, 0.5) is 0 Å². The minimum Gasteiger partial charge on any atom is -0.481 e. The molecule has 2 aromatic rings. The number of carboxylic acids is 1. The van der Waals surface area contributed by atoms with Crippen molar-refractivity contribution in [3.63, 3.8) is 0 Å². The molecule has 98 valence electrons. The van der Waals surface area contributed by atoms with E-state index in [1.807, 2.05) is 48.5 Å². The van der Waals surface area contributed by atoms with Gasteiger partial charge in [-0.2, -0.15) is 0 Å². The molecule has 0 bridgehead atoms. The minimum atomic E-state index is -0.734. The number of hydrogen-bond donors (Lipinski definition) is 1. The summed E-state index contributed by atoms with van der Waals surface area (Å²) in [7, 11) is 0. The summed E-state index contributed by atoms with van der Waals surface area (Å²) in [6.45, 7) is 0. The lowest BCUT2D eigenvalue weighted by Gasteiger charge is -2.15. The molecule has 0 heterocycles. The minimum absolute atomic E-state index is 0.0823. The van der Waals surface area contributed by atoms with Crippen molar-refractivity contribution in [2.45, 2.75) is 25.2 Å². The summed E-state index contributed by atoms with van der Waals surface area (Å²) in [5.41, 5.74) is 2.37. The molecule has 0 aliphatic carbocycles. The molecule has 0 spiro atoms. The number of aliphatic carboxylic acids is 1. The first-order valence-electron chi connectivity index (χ1n) is 6.56. The summed E-state index contributed by atoms with van der Waals surface area (Å²) >= 11 is 0. The van der Waals surface area contributed by atoms with E-state index in [-0.39, 0.29) is 12.3 Å². The van der Waals surface area contributed by atoms with Gasteiger partial charge in [-0.3, -0.25) is 4.79 Å². The monoisotopic (exact) mass is 254 g/mol. The molecule has 0 amide bonds. The zero-order chi connectivity index (χ0) is 13.5. The SMILES string of the molecule is O=C(O)C[C@@H](CCc1ccccc1)c1ccccc1. The third-order valence-electron chi connectivity index (χ3n) is 3.32. The van der Waals surface area contributed by atoms with E-state index in [4.69, 9.17) is 5.11 Å². The number of rotatable bonds is 6. The van der Waals surface area contributed by atoms with Gasteiger partial charge in [-0.05, 0) is 29.9 Å². The first kappa shape index (κ1) is 13.3. The van der Waals surface area contributed by atoms with Crippen molar-refractivity contribution >= 4 is 5.97 Å². The van der Waals surface area contributed by atoms with E-state index in [0.717, 1.165) is 18.4 Å². The maximum absolute atomic E-state index is 11.0. The van der Waals surface area contributed by atoms with E-state index < -0.39 is 5.97 Å². The number of hydrogen-bond acceptors (Lipinski definition) is 1. The van der Waals surface area contributed by atoms with Crippen LogP contribution in [0, 0.1) is 0 Å². The highest BCUT2D eigenvalue weighted by Gasteiger charge is 2.15. The van der Waals surface area contributed by atoms with Crippen molar-refractivity contribution in [3.05, 3.63) is 71.8 Å². The van der Waals surface area contributed by atoms with Crippen LogP contribution >= 0.6 is 0 Å². The van der Waals surface area contributed by atoms with Crippen LogP contribution in [0.2, 0.25) is 0 Å². The van der Waals surface area contributed by atoms with Gasteiger partial charge in [-0.1, -0.05) is 60.7 Å². The molecule has 0 aliphatic heterocycles. The van der Waals surface area contributed by atoms with Gasteiger partial charge in [-0.15, -0.1) is 0 Å². The third kappa shape index (κ3) is 4.25. The molecule has 1 atom stereocenters. The normalized spacial score (nSPS) is 12.0. The van der Waals surface area contributed by atoms with E-state index in [1.54, 1.807) is 0 Å². The van der Waals surface area contributed by atoms with Crippen LogP contribution in [-0.4, -0.2) is 11.1 Å². The van der Waals surface area contributed by atoms with Crippen LogP contribution in [0.15, 0.2) is 60.7 Å². The average molecular weight is 254 g/mol. The highest BCUT2D eigenvalue weighted by Crippen LogP contribution is 2.25. The van der Waals surface area contributed by atoms with E-state index in [2.05, 4.69) is 12.1 Å². The Morgan fingerprint density at radius 3 is 2.11 bits per heavy atom. The molecule has 0 aliphatic rings. The molecule has 19 heavy (non-hydrogen) atoms. The molecule has 0 unspecified atom stereocenters. The molecule has 0 aromatic heterocycles. The molecule has 0 saturated carbocycles. The van der Waals surface area contributed by atoms with Crippen molar-refractivity contribution in [2.75, 3.05) is 0 Å². The molecular weight excluding hydrogens is 236 g/mol. The third-order valence-corrected chi connectivity index (χ3v) is 3.32. The summed E-state index contributed by atoms with van der Waals surface area (Å²) < 4.78 is 0. The first-order chi connectivity index (χ1) is 9.25. The largest absolute Gasteiger partial charge is 0.481 e. The van der Waals surface area contributed by atoms with Gasteiger partial charge in [0.2, 0.25) is 0 Å². The molecule has 1 N–H and O–H groups in total. The van der Waals surface area contributed by atoms with Gasteiger partial charge < -0.3 is 5.11 Å². The lowest BCUT2D eigenvalue weighted by atomic mass is 9.90. The Kier molecular flexibility index (Phi) is 4.73. The Morgan fingerprint density at radius 1 is 0.947 bits per heavy atom. The van der Waals surface area contributed by atoms with Crippen molar-refractivity contribution in [3.8, 4) is 0 Å². The van der Waals surface area contributed by atoms with Gasteiger partial charge in [-0.25, -0.2) is 0 Å². The number of aryl methyl sites for hydroxylation is 1. The number of carbonyl (C=O) groups is 1. The second-order valence-corrected chi connectivity index (χ2v) is 4.73. The van der Waals surface area contributed by atoms with E-state index in [9.17, 15) is 4.79 Å². The summed E-state index contributed by atoms with van der Waals surface area (Å²) in [6.07, 6.45) is 1.96. The predicted molar refractivity (Wildman–Crippen MR) is 76.2 cm³/mol. The van der Waals surface area contributed by atoms with Crippen LogP contribution < -0.4 is 0 Å². The van der Waals surface area contributed by atoms with Gasteiger partial charge in [0.05, 0.1) is 6.42 Å². The Labute approximate surface area is 113 Å². The lowest BCUT2D eigenvalue weighted by molar-refractivity contribution is -0.137. The maximum Gasteiger partial charge on any atom is 0.303 e. The smallest absolute Gasteiger partial charge is 0.303 e. The van der Waals surface area contributed by atoms with E-state index in [1.165, 1.54) is 5.56 Å². The van der Waals surface area contributed by atoms with Gasteiger partial charge in [0.25, 0.3) is 0 Å². The number of benzene rings is 2. The summed E-state index contributed by atoms with van der Waals surface area (Å²) in [5, 5.41) is 9.04. The predicted octanol–water partition coefficient (Wildman–Crippen LogP) is 3.88. The van der Waals surface area contributed by atoms with E-state index in [0.29, 0.717) is 0 Å². The summed E-state index contributed by atoms with van der Waals surface area (Å²) in [4.78, 5) is 11.0. The zero-order valence-corrected chi connectivity index (χ0v) is 10.8. The van der Waals surface area contributed by atoms with Crippen LogP contribution in [0.1, 0.15) is 29.9 Å². The molecule has 2 rings (SSSR count). The van der Waals surface area contributed by atoms with Crippen LogP contribution in [0.25, 0.3) is 0 Å². The fraction of sp³-hybridized carbons (Fsp3) is 0.235. The van der Waals surface area contributed by atoms with Crippen molar-refractivity contribution in [1.82, 2.24) is 0 Å². The molecule has 2 heteroatoms. The van der Waals surface area contributed by atoms with E-state index >= 15 is 0 Å². The standard InChI is InChI=1S/C17H18O2/c18-17(19)13-16(15-9-5-2-6-10-15)12-11-14-7-3-1-4-8-14/h1-10,16H,11-13H2,(H,18,19)/t16-/m1/s1. The Hall–Kier alpha value is -2.09. The van der Waals surface area contributed by atoms with Gasteiger partial charge >= 0.3 is 5.97 Å². The van der Waals surface area contributed by atoms with Gasteiger partial charge in [0.1, 0.15) is 0 Å². The molecule has 2 nitrogen and oxygen atoms in total. The fourth-order valence-corrected chi connectivity index (χ4v) is 2.31.